The second-order valence-corrected chi connectivity index (χ2v) is 2.33. The summed E-state index contributed by atoms with van der Waals surface area (Å²) in [6.07, 6.45) is 3.93. The summed E-state index contributed by atoms with van der Waals surface area (Å²) in [6.45, 7) is 2.52. The van der Waals surface area contributed by atoms with Gasteiger partial charge in [0.15, 0.2) is 0 Å². The van der Waals surface area contributed by atoms with Crippen molar-refractivity contribution in [1.29, 1.82) is 0 Å². The van der Waals surface area contributed by atoms with Crippen LogP contribution in [0.25, 0.3) is 0 Å². The molecule has 2 aliphatic rings. The van der Waals surface area contributed by atoms with E-state index in [2.05, 4.69) is 10.6 Å². The van der Waals surface area contributed by atoms with E-state index < -0.39 is 0 Å². The largest absolute Gasteiger partial charge is 0.492 e. The van der Waals surface area contributed by atoms with Crippen LogP contribution in [-0.4, -0.2) is 19.7 Å². The average molecular weight is 138 g/mol. The number of hydrogen-bond acceptors (Lipinski definition) is 3. The van der Waals surface area contributed by atoms with Crippen molar-refractivity contribution < 1.29 is 4.74 Å². The molecular formula is C7H10N2O. The van der Waals surface area contributed by atoms with Gasteiger partial charge in [-0.2, -0.15) is 0 Å². The lowest BCUT2D eigenvalue weighted by atomic mass is 10.2. The fraction of sp³-hybridized carbons (Fsp3) is 0.429. The van der Waals surface area contributed by atoms with Crippen molar-refractivity contribution in [2.45, 2.75) is 0 Å². The third-order valence-corrected chi connectivity index (χ3v) is 1.62. The van der Waals surface area contributed by atoms with Crippen molar-refractivity contribution in [3.8, 4) is 0 Å². The van der Waals surface area contributed by atoms with Crippen molar-refractivity contribution in [3.63, 3.8) is 0 Å². The maximum Gasteiger partial charge on any atom is 0.138 e. The van der Waals surface area contributed by atoms with Gasteiger partial charge in [0, 0.05) is 6.54 Å². The fourth-order valence-electron chi connectivity index (χ4n) is 1.13. The molecule has 3 heteroatoms. The molecule has 10 heavy (non-hydrogen) atoms. The Balaban J connectivity index is 2.23. The summed E-state index contributed by atoms with van der Waals surface area (Å²) < 4.78 is 5.39. The van der Waals surface area contributed by atoms with Gasteiger partial charge in [-0.3, -0.25) is 0 Å². The minimum atomic E-state index is 0.786. The molecule has 3 nitrogen and oxygen atoms in total. The molecule has 0 aromatic heterocycles. The van der Waals surface area contributed by atoms with E-state index in [1.54, 1.807) is 0 Å². The van der Waals surface area contributed by atoms with Gasteiger partial charge in [0.25, 0.3) is 0 Å². The zero-order valence-corrected chi connectivity index (χ0v) is 5.68. The maximum atomic E-state index is 5.39. The van der Waals surface area contributed by atoms with Crippen molar-refractivity contribution in [2.24, 2.45) is 0 Å². The molecule has 0 amide bonds. The summed E-state index contributed by atoms with van der Waals surface area (Å²) in [5.74, 6) is 1.04. The molecule has 0 aromatic carbocycles. The van der Waals surface area contributed by atoms with E-state index >= 15 is 0 Å². The van der Waals surface area contributed by atoms with Gasteiger partial charge in [-0.05, 0) is 12.3 Å². The van der Waals surface area contributed by atoms with Gasteiger partial charge in [0.1, 0.15) is 12.4 Å². The van der Waals surface area contributed by atoms with E-state index in [1.165, 1.54) is 0 Å². The minimum absolute atomic E-state index is 0.786. The molecule has 0 saturated heterocycles. The van der Waals surface area contributed by atoms with Crippen LogP contribution in [0.4, 0.5) is 0 Å². The lowest BCUT2D eigenvalue weighted by molar-refractivity contribution is 0.186. The zero-order valence-electron chi connectivity index (χ0n) is 5.68. The highest BCUT2D eigenvalue weighted by molar-refractivity contribution is 5.26. The smallest absolute Gasteiger partial charge is 0.138 e. The standard InChI is InChI=1S/C7H10N2O/c1-2-8-5-7-6(1)9-3-4-10-7/h1-2,8-9H,3-5H2. The molecule has 0 spiro atoms. The molecule has 0 unspecified atom stereocenters. The molecule has 2 aliphatic heterocycles. The second-order valence-electron chi connectivity index (χ2n) is 2.33. The molecule has 0 bridgehead atoms. The third kappa shape index (κ3) is 0.835. The van der Waals surface area contributed by atoms with Gasteiger partial charge in [0.2, 0.25) is 0 Å². The molecule has 0 saturated carbocycles. The predicted octanol–water partition coefficient (Wildman–Crippen LogP) is -0.0653. The first-order valence-electron chi connectivity index (χ1n) is 3.46. The molecule has 0 aliphatic carbocycles. The number of hydrogen-bond donors (Lipinski definition) is 2. The van der Waals surface area contributed by atoms with Crippen LogP contribution in [0, 0.1) is 0 Å². The minimum Gasteiger partial charge on any atom is -0.492 e. The molecule has 2 rings (SSSR count). The van der Waals surface area contributed by atoms with Crippen LogP contribution in [0.5, 0.6) is 0 Å². The number of ether oxygens (including phenoxy) is 1. The number of allylic oxidation sites excluding steroid dienone is 1. The quantitative estimate of drug-likeness (QED) is 0.492. The van der Waals surface area contributed by atoms with Crippen molar-refractivity contribution in [3.05, 3.63) is 23.7 Å². The molecule has 54 valence electrons. The van der Waals surface area contributed by atoms with Crippen LogP contribution >= 0.6 is 0 Å². The second kappa shape index (κ2) is 2.25. The van der Waals surface area contributed by atoms with Crippen molar-refractivity contribution in [1.82, 2.24) is 10.6 Å². The molecule has 0 aromatic rings. The normalized spacial score (nSPS) is 22.4. The fourth-order valence-corrected chi connectivity index (χ4v) is 1.13. The van der Waals surface area contributed by atoms with Crippen LogP contribution in [0.15, 0.2) is 23.7 Å². The Morgan fingerprint density at radius 2 is 2.50 bits per heavy atom. The van der Waals surface area contributed by atoms with E-state index in [0.717, 1.165) is 31.2 Å². The van der Waals surface area contributed by atoms with E-state index in [1.807, 2.05) is 12.3 Å². The van der Waals surface area contributed by atoms with E-state index in [9.17, 15) is 0 Å². The van der Waals surface area contributed by atoms with Gasteiger partial charge < -0.3 is 15.4 Å². The molecule has 0 radical (unpaired) electrons. The maximum absolute atomic E-state index is 5.39. The molecule has 2 N–H and O–H groups in total. The van der Waals surface area contributed by atoms with Crippen LogP contribution in [0.3, 0.4) is 0 Å². The summed E-state index contributed by atoms with van der Waals surface area (Å²) in [4.78, 5) is 0. The van der Waals surface area contributed by atoms with Gasteiger partial charge in [-0.1, -0.05) is 0 Å². The Labute approximate surface area is 59.8 Å². The van der Waals surface area contributed by atoms with Crippen LogP contribution in [0.2, 0.25) is 0 Å². The van der Waals surface area contributed by atoms with Gasteiger partial charge >= 0.3 is 0 Å². The molecule has 0 fully saturated rings. The highest BCUT2D eigenvalue weighted by Crippen LogP contribution is 2.10. The third-order valence-electron chi connectivity index (χ3n) is 1.62. The van der Waals surface area contributed by atoms with Gasteiger partial charge in [-0.15, -0.1) is 0 Å². The Hall–Kier alpha value is -1.12. The van der Waals surface area contributed by atoms with Gasteiger partial charge in [0.05, 0.1) is 12.2 Å². The summed E-state index contributed by atoms with van der Waals surface area (Å²) in [6, 6.07) is 0. The van der Waals surface area contributed by atoms with Crippen molar-refractivity contribution in [2.75, 3.05) is 19.7 Å². The number of dihydropyridines is 1. The highest BCUT2D eigenvalue weighted by atomic mass is 16.5. The molecular weight excluding hydrogens is 128 g/mol. The first-order chi connectivity index (χ1) is 4.97. The summed E-state index contributed by atoms with van der Waals surface area (Å²) >= 11 is 0. The highest BCUT2D eigenvalue weighted by Gasteiger charge is 2.12. The van der Waals surface area contributed by atoms with E-state index in [0.29, 0.717) is 0 Å². The summed E-state index contributed by atoms with van der Waals surface area (Å²) in [7, 11) is 0. The number of nitrogens with one attached hydrogen (secondary N) is 2. The predicted molar refractivity (Wildman–Crippen MR) is 38.1 cm³/mol. The Kier molecular flexibility index (Phi) is 1.27. The summed E-state index contributed by atoms with van der Waals surface area (Å²) in [5.41, 5.74) is 1.13. The van der Waals surface area contributed by atoms with Crippen LogP contribution in [-0.2, 0) is 4.74 Å². The van der Waals surface area contributed by atoms with Crippen LogP contribution in [0.1, 0.15) is 0 Å². The lowest BCUT2D eigenvalue weighted by Crippen LogP contribution is -2.31. The number of rotatable bonds is 0. The first kappa shape index (κ1) is 5.65. The SMILES string of the molecule is C1=CC2=C(CN1)OCCN2. The first-order valence-corrected chi connectivity index (χ1v) is 3.46. The Morgan fingerprint density at radius 3 is 3.40 bits per heavy atom. The summed E-state index contributed by atoms with van der Waals surface area (Å²) in [5, 5.41) is 6.33. The molecule has 0 atom stereocenters. The van der Waals surface area contributed by atoms with E-state index in [-0.39, 0.29) is 0 Å². The van der Waals surface area contributed by atoms with Gasteiger partial charge in [-0.25, -0.2) is 0 Å². The van der Waals surface area contributed by atoms with E-state index in [4.69, 9.17) is 4.74 Å². The monoisotopic (exact) mass is 138 g/mol. The average Bonchev–Trinajstić information content (AvgIpc) is 2.05. The van der Waals surface area contributed by atoms with Crippen LogP contribution < -0.4 is 10.6 Å². The topological polar surface area (TPSA) is 33.3 Å². The zero-order chi connectivity index (χ0) is 6.81. The lowest BCUT2D eigenvalue weighted by Gasteiger charge is -2.23. The molecule has 2 heterocycles. The van der Waals surface area contributed by atoms with Crippen molar-refractivity contribution >= 4 is 0 Å². The Bertz CT molecular complexity index is 196. The Morgan fingerprint density at radius 1 is 1.50 bits per heavy atom.